The highest BCUT2D eigenvalue weighted by atomic mass is 35.5. The second kappa shape index (κ2) is 10.6. The van der Waals surface area contributed by atoms with Crippen molar-refractivity contribution in [3.05, 3.63) is 35.9 Å². The molecule has 1 saturated heterocycles. The molecule has 2 unspecified atom stereocenters. The van der Waals surface area contributed by atoms with E-state index in [1.165, 1.54) is 12.0 Å². The van der Waals surface area contributed by atoms with E-state index in [0.717, 1.165) is 38.6 Å². The average molecular weight is 325 g/mol. The summed E-state index contributed by atoms with van der Waals surface area (Å²) < 4.78 is 0. The van der Waals surface area contributed by atoms with Gasteiger partial charge in [-0.05, 0) is 44.2 Å². The molecular formula is C18H29ClN2O. The van der Waals surface area contributed by atoms with Crippen molar-refractivity contribution in [2.24, 2.45) is 0 Å². The van der Waals surface area contributed by atoms with Crippen LogP contribution in [-0.4, -0.2) is 24.5 Å². The molecule has 0 bridgehead atoms. The molecule has 124 valence electrons. The fourth-order valence-corrected chi connectivity index (χ4v) is 3.06. The Balaban J connectivity index is 0.00000242. The Hall–Kier alpha value is -1.06. The van der Waals surface area contributed by atoms with Gasteiger partial charge in [-0.3, -0.25) is 4.79 Å². The van der Waals surface area contributed by atoms with Gasteiger partial charge in [0, 0.05) is 18.5 Å². The number of carbonyl (C=O) groups excluding carboxylic acids is 1. The molecule has 22 heavy (non-hydrogen) atoms. The zero-order valence-electron chi connectivity index (χ0n) is 13.5. The minimum Gasteiger partial charge on any atom is -0.353 e. The SMILES string of the molecule is CCCC(CCc1ccccc1)NC(=O)CC1CCCN1.Cl. The molecule has 0 aliphatic carbocycles. The summed E-state index contributed by atoms with van der Waals surface area (Å²) in [5.74, 6) is 0.209. The standard InChI is InChI=1S/C18H28N2O.ClH/c1-2-7-16(12-11-15-8-4-3-5-9-15)20-18(21)14-17-10-6-13-19-17;/h3-5,8-9,16-17,19H,2,6-7,10-14H2,1H3,(H,20,21);1H. The number of halogens is 1. The van der Waals surface area contributed by atoms with E-state index in [1.807, 2.05) is 6.07 Å². The van der Waals surface area contributed by atoms with Crippen LogP contribution < -0.4 is 10.6 Å². The Kier molecular flexibility index (Phi) is 9.17. The third kappa shape index (κ3) is 6.80. The minimum absolute atomic E-state index is 0. The topological polar surface area (TPSA) is 41.1 Å². The molecule has 2 rings (SSSR count). The molecule has 0 spiro atoms. The monoisotopic (exact) mass is 324 g/mol. The van der Waals surface area contributed by atoms with Crippen LogP contribution in [0.2, 0.25) is 0 Å². The van der Waals surface area contributed by atoms with Crippen molar-refractivity contribution >= 4 is 18.3 Å². The normalized spacial score (nSPS) is 18.5. The van der Waals surface area contributed by atoms with E-state index >= 15 is 0 Å². The van der Waals surface area contributed by atoms with Crippen LogP contribution in [-0.2, 0) is 11.2 Å². The maximum atomic E-state index is 12.1. The molecule has 2 atom stereocenters. The van der Waals surface area contributed by atoms with Gasteiger partial charge >= 0.3 is 0 Å². The van der Waals surface area contributed by atoms with Gasteiger partial charge in [0.1, 0.15) is 0 Å². The summed E-state index contributed by atoms with van der Waals surface area (Å²) in [5.41, 5.74) is 1.35. The first-order chi connectivity index (χ1) is 10.3. The van der Waals surface area contributed by atoms with E-state index in [1.54, 1.807) is 0 Å². The predicted octanol–water partition coefficient (Wildman–Crippen LogP) is 3.47. The van der Waals surface area contributed by atoms with Crippen LogP contribution in [0.3, 0.4) is 0 Å². The largest absolute Gasteiger partial charge is 0.353 e. The highest BCUT2D eigenvalue weighted by Gasteiger charge is 2.19. The van der Waals surface area contributed by atoms with Gasteiger partial charge in [-0.1, -0.05) is 43.7 Å². The molecule has 1 aromatic rings. The van der Waals surface area contributed by atoms with Crippen LogP contribution >= 0.6 is 12.4 Å². The summed E-state index contributed by atoms with van der Waals surface area (Å²) in [7, 11) is 0. The van der Waals surface area contributed by atoms with E-state index in [4.69, 9.17) is 0 Å². The lowest BCUT2D eigenvalue weighted by Gasteiger charge is -2.19. The van der Waals surface area contributed by atoms with Crippen molar-refractivity contribution in [3.8, 4) is 0 Å². The lowest BCUT2D eigenvalue weighted by molar-refractivity contribution is -0.122. The third-order valence-corrected chi connectivity index (χ3v) is 4.22. The Morgan fingerprint density at radius 2 is 2.09 bits per heavy atom. The van der Waals surface area contributed by atoms with Crippen molar-refractivity contribution in [3.63, 3.8) is 0 Å². The molecule has 0 aromatic heterocycles. The van der Waals surface area contributed by atoms with Gasteiger partial charge in [-0.15, -0.1) is 12.4 Å². The van der Waals surface area contributed by atoms with E-state index in [2.05, 4.69) is 41.8 Å². The van der Waals surface area contributed by atoms with Crippen molar-refractivity contribution in [1.82, 2.24) is 10.6 Å². The molecular weight excluding hydrogens is 296 g/mol. The summed E-state index contributed by atoms with van der Waals surface area (Å²) in [4.78, 5) is 12.1. The summed E-state index contributed by atoms with van der Waals surface area (Å²) in [6.45, 7) is 3.24. The van der Waals surface area contributed by atoms with Crippen LogP contribution in [0, 0.1) is 0 Å². The predicted molar refractivity (Wildman–Crippen MR) is 94.5 cm³/mol. The zero-order chi connectivity index (χ0) is 14.9. The minimum atomic E-state index is 0. The van der Waals surface area contributed by atoms with Crippen molar-refractivity contribution in [1.29, 1.82) is 0 Å². The second-order valence-electron chi connectivity index (χ2n) is 6.07. The van der Waals surface area contributed by atoms with Crippen molar-refractivity contribution in [2.75, 3.05) is 6.54 Å². The molecule has 4 heteroatoms. The molecule has 1 aromatic carbocycles. The van der Waals surface area contributed by atoms with Gasteiger partial charge in [0.15, 0.2) is 0 Å². The fourth-order valence-electron chi connectivity index (χ4n) is 3.06. The number of aryl methyl sites for hydroxylation is 1. The summed E-state index contributed by atoms with van der Waals surface area (Å²) in [6.07, 6.45) is 7.21. The lowest BCUT2D eigenvalue weighted by atomic mass is 10.0. The second-order valence-corrected chi connectivity index (χ2v) is 6.07. The van der Waals surface area contributed by atoms with Crippen molar-refractivity contribution < 1.29 is 4.79 Å². The summed E-state index contributed by atoms with van der Waals surface area (Å²) >= 11 is 0. The van der Waals surface area contributed by atoms with E-state index in [9.17, 15) is 4.79 Å². The maximum Gasteiger partial charge on any atom is 0.221 e. The van der Waals surface area contributed by atoms with Crippen LogP contribution in [0.4, 0.5) is 0 Å². The number of nitrogens with one attached hydrogen (secondary N) is 2. The number of hydrogen-bond donors (Lipinski definition) is 2. The molecule has 1 amide bonds. The lowest BCUT2D eigenvalue weighted by Crippen LogP contribution is -2.38. The Morgan fingerprint density at radius 1 is 1.32 bits per heavy atom. The van der Waals surface area contributed by atoms with E-state index in [0.29, 0.717) is 18.5 Å². The third-order valence-electron chi connectivity index (χ3n) is 4.22. The van der Waals surface area contributed by atoms with Gasteiger partial charge in [0.25, 0.3) is 0 Å². The highest BCUT2D eigenvalue weighted by Crippen LogP contribution is 2.11. The first-order valence-electron chi connectivity index (χ1n) is 8.34. The van der Waals surface area contributed by atoms with Gasteiger partial charge in [0.2, 0.25) is 5.91 Å². The Morgan fingerprint density at radius 3 is 2.73 bits per heavy atom. The van der Waals surface area contributed by atoms with E-state index < -0.39 is 0 Å². The van der Waals surface area contributed by atoms with Gasteiger partial charge < -0.3 is 10.6 Å². The molecule has 0 radical (unpaired) electrons. The maximum absolute atomic E-state index is 12.1. The molecule has 2 N–H and O–H groups in total. The number of carbonyl (C=O) groups is 1. The Labute approximate surface area is 140 Å². The van der Waals surface area contributed by atoms with Crippen molar-refractivity contribution in [2.45, 2.75) is 64.0 Å². The molecule has 0 saturated carbocycles. The van der Waals surface area contributed by atoms with Crippen LogP contribution in [0.15, 0.2) is 30.3 Å². The number of amides is 1. The molecule has 3 nitrogen and oxygen atoms in total. The fraction of sp³-hybridized carbons (Fsp3) is 0.611. The zero-order valence-corrected chi connectivity index (χ0v) is 14.3. The first kappa shape index (κ1) is 19.0. The van der Waals surface area contributed by atoms with Crippen LogP contribution in [0.1, 0.15) is 51.0 Å². The summed E-state index contributed by atoms with van der Waals surface area (Å²) in [5, 5.41) is 6.63. The average Bonchev–Trinajstić information content (AvgIpc) is 2.99. The highest BCUT2D eigenvalue weighted by molar-refractivity contribution is 5.85. The smallest absolute Gasteiger partial charge is 0.221 e. The van der Waals surface area contributed by atoms with Crippen LogP contribution in [0.25, 0.3) is 0 Å². The quantitative estimate of drug-likeness (QED) is 0.768. The number of hydrogen-bond acceptors (Lipinski definition) is 2. The van der Waals surface area contributed by atoms with Gasteiger partial charge in [-0.2, -0.15) is 0 Å². The molecule has 1 aliphatic rings. The van der Waals surface area contributed by atoms with Gasteiger partial charge in [-0.25, -0.2) is 0 Å². The molecule has 1 fully saturated rings. The van der Waals surface area contributed by atoms with Crippen LogP contribution in [0.5, 0.6) is 0 Å². The Bertz CT molecular complexity index is 418. The number of benzene rings is 1. The molecule has 1 heterocycles. The van der Waals surface area contributed by atoms with E-state index in [-0.39, 0.29) is 18.3 Å². The first-order valence-corrected chi connectivity index (χ1v) is 8.34. The summed E-state index contributed by atoms with van der Waals surface area (Å²) in [6, 6.07) is 11.2. The molecule has 1 aliphatic heterocycles. The van der Waals surface area contributed by atoms with Gasteiger partial charge in [0.05, 0.1) is 0 Å². The number of rotatable bonds is 8.